The molecule has 0 saturated heterocycles. The van der Waals surface area contributed by atoms with E-state index in [4.69, 9.17) is 0 Å². The first-order valence-corrected chi connectivity index (χ1v) is 8.74. The molecule has 1 aliphatic heterocycles. The number of imidazole rings is 1. The molecule has 7 nitrogen and oxygen atoms in total. The molecule has 0 bridgehead atoms. The third kappa shape index (κ3) is 2.84. The first-order chi connectivity index (χ1) is 11.6. The summed E-state index contributed by atoms with van der Waals surface area (Å²) < 4.78 is 3.86. The molecule has 3 aromatic heterocycles. The Bertz CT molecular complexity index is 892. The lowest BCUT2D eigenvalue weighted by molar-refractivity contribution is 0.0923. The van der Waals surface area contributed by atoms with Gasteiger partial charge in [0.1, 0.15) is 16.5 Å². The van der Waals surface area contributed by atoms with Gasteiger partial charge < -0.3 is 9.88 Å². The zero-order chi connectivity index (χ0) is 16.7. The predicted octanol–water partition coefficient (Wildman–Crippen LogP) is 1.79. The molecule has 4 heterocycles. The van der Waals surface area contributed by atoms with Crippen molar-refractivity contribution >= 4 is 17.2 Å². The van der Waals surface area contributed by atoms with Crippen LogP contribution in [0.4, 0.5) is 0 Å². The highest BCUT2D eigenvalue weighted by Crippen LogP contribution is 2.23. The summed E-state index contributed by atoms with van der Waals surface area (Å²) in [5.41, 5.74) is 2.42. The van der Waals surface area contributed by atoms with Gasteiger partial charge in [-0.15, -0.1) is 11.3 Å². The summed E-state index contributed by atoms with van der Waals surface area (Å²) in [7, 11) is 1.86. The molecule has 0 radical (unpaired) electrons. The van der Waals surface area contributed by atoms with Crippen molar-refractivity contribution in [3.8, 4) is 10.6 Å². The second-order valence-corrected chi connectivity index (χ2v) is 6.96. The fourth-order valence-corrected chi connectivity index (χ4v) is 3.78. The van der Waals surface area contributed by atoms with Gasteiger partial charge in [0.05, 0.1) is 11.9 Å². The van der Waals surface area contributed by atoms with E-state index in [1.807, 2.05) is 26.4 Å². The Balaban J connectivity index is 1.44. The minimum atomic E-state index is -0.119. The van der Waals surface area contributed by atoms with Crippen molar-refractivity contribution in [2.45, 2.75) is 32.4 Å². The lowest BCUT2D eigenvalue weighted by atomic mass is 10.1. The van der Waals surface area contributed by atoms with Crippen LogP contribution in [0.2, 0.25) is 0 Å². The highest BCUT2D eigenvalue weighted by molar-refractivity contribution is 7.13. The molecule has 3 aromatic rings. The van der Waals surface area contributed by atoms with Gasteiger partial charge in [-0.25, -0.2) is 9.97 Å². The maximum atomic E-state index is 12.5. The van der Waals surface area contributed by atoms with Crippen molar-refractivity contribution in [3.05, 3.63) is 41.2 Å². The molecule has 0 fully saturated rings. The average Bonchev–Trinajstić information content (AvgIpc) is 3.24. The van der Waals surface area contributed by atoms with Crippen molar-refractivity contribution < 1.29 is 4.79 Å². The molecular weight excluding hydrogens is 324 g/mol. The first-order valence-electron chi connectivity index (χ1n) is 7.86. The van der Waals surface area contributed by atoms with Crippen LogP contribution in [0, 0.1) is 6.92 Å². The molecule has 1 amide bonds. The number of carbonyl (C=O) groups excluding carboxylic acids is 1. The van der Waals surface area contributed by atoms with Gasteiger partial charge in [0, 0.05) is 49.4 Å². The number of nitrogens with zero attached hydrogens (tertiary/aromatic N) is 5. The molecule has 0 spiro atoms. The summed E-state index contributed by atoms with van der Waals surface area (Å²) in [6.07, 6.45) is 7.48. The van der Waals surface area contributed by atoms with Crippen LogP contribution in [0.5, 0.6) is 0 Å². The Morgan fingerprint density at radius 2 is 2.25 bits per heavy atom. The number of amides is 1. The van der Waals surface area contributed by atoms with Gasteiger partial charge in [0.2, 0.25) is 0 Å². The normalized spacial score (nSPS) is 16.8. The molecule has 0 aliphatic carbocycles. The van der Waals surface area contributed by atoms with E-state index in [1.165, 1.54) is 11.3 Å². The second-order valence-electron chi connectivity index (χ2n) is 6.10. The number of aromatic nitrogens is 5. The van der Waals surface area contributed by atoms with Crippen LogP contribution < -0.4 is 5.32 Å². The quantitative estimate of drug-likeness (QED) is 0.787. The number of aryl methyl sites for hydroxylation is 3. The van der Waals surface area contributed by atoms with Gasteiger partial charge in [0.15, 0.2) is 0 Å². The molecule has 0 aromatic carbocycles. The topological polar surface area (TPSA) is 77.6 Å². The summed E-state index contributed by atoms with van der Waals surface area (Å²) in [5, 5.41) is 9.84. The standard InChI is InChI=1S/C16H18N6OS/c1-10-6-22-8-12(3-4-14(22)18-10)19-15(23)13-9-24-16(20-13)11-5-17-21(2)7-11/h5-7,9,12H,3-4,8H2,1-2H3,(H,19,23)/t12-/m1/s1. The zero-order valence-corrected chi connectivity index (χ0v) is 14.4. The van der Waals surface area contributed by atoms with Gasteiger partial charge in [0.25, 0.3) is 5.91 Å². The number of hydrogen-bond acceptors (Lipinski definition) is 5. The molecule has 124 valence electrons. The number of thiazole rings is 1. The Morgan fingerprint density at radius 3 is 3.04 bits per heavy atom. The number of hydrogen-bond donors (Lipinski definition) is 1. The number of nitrogens with one attached hydrogen (secondary N) is 1. The Morgan fingerprint density at radius 1 is 1.38 bits per heavy atom. The number of carbonyl (C=O) groups is 1. The third-order valence-corrected chi connectivity index (χ3v) is 5.03. The maximum Gasteiger partial charge on any atom is 0.271 e. The van der Waals surface area contributed by atoms with Crippen LogP contribution in [-0.2, 0) is 20.0 Å². The molecule has 1 atom stereocenters. The molecule has 4 rings (SSSR count). The molecule has 0 saturated carbocycles. The van der Waals surface area contributed by atoms with Crippen LogP contribution in [-0.4, -0.2) is 36.3 Å². The lowest BCUT2D eigenvalue weighted by Crippen LogP contribution is -2.41. The fourth-order valence-electron chi connectivity index (χ4n) is 3.01. The summed E-state index contributed by atoms with van der Waals surface area (Å²) >= 11 is 1.46. The summed E-state index contributed by atoms with van der Waals surface area (Å²) in [6, 6.07) is 0.113. The van der Waals surface area contributed by atoms with E-state index in [1.54, 1.807) is 16.3 Å². The van der Waals surface area contributed by atoms with E-state index in [0.717, 1.165) is 41.5 Å². The van der Waals surface area contributed by atoms with Crippen LogP contribution in [0.15, 0.2) is 24.0 Å². The Labute approximate surface area is 143 Å². The van der Waals surface area contributed by atoms with Gasteiger partial charge in [-0.05, 0) is 13.3 Å². The number of fused-ring (bicyclic) bond motifs is 1. The van der Waals surface area contributed by atoms with Gasteiger partial charge >= 0.3 is 0 Å². The van der Waals surface area contributed by atoms with Crippen molar-refractivity contribution in [2.75, 3.05) is 0 Å². The Kier molecular flexibility index (Phi) is 3.68. The van der Waals surface area contributed by atoms with Crippen LogP contribution >= 0.6 is 11.3 Å². The largest absolute Gasteiger partial charge is 0.346 e. The summed E-state index contributed by atoms with van der Waals surface area (Å²) in [5.74, 6) is 0.984. The van der Waals surface area contributed by atoms with Crippen LogP contribution in [0.1, 0.15) is 28.4 Å². The minimum absolute atomic E-state index is 0.113. The third-order valence-electron chi connectivity index (χ3n) is 4.14. The SMILES string of the molecule is Cc1cn2c(n1)CC[C@@H](NC(=O)c1csc(-c3cnn(C)c3)n1)C2. The van der Waals surface area contributed by atoms with E-state index < -0.39 is 0 Å². The van der Waals surface area contributed by atoms with Crippen LogP contribution in [0.25, 0.3) is 10.6 Å². The van der Waals surface area contributed by atoms with Crippen molar-refractivity contribution in [3.63, 3.8) is 0 Å². The van der Waals surface area contributed by atoms with E-state index in [9.17, 15) is 4.79 Å². The van der Waals surface area contributed by atoms with Crippen LogP contribution in [0.3, 0.4) is 0 Å². The highest BCUT2D eigenvalue weighted by atomic mass is 32.1. The minimum Gasteiger partial charge on any atom is -0.346 e. The van der Waals surface area contributed by atoms with Gasteiger partial charge in [-0.1, -0.05) is 0 Å². The molecule has 0 unspecified atom stereocenters. The van der Waals surface area contributed by atoms with E-state index in [-0.39, 0.29) is 11.9 Å². The Hall–Kier alpha value is -2.48. The first kappa shape index (κ1) is 15.1. The molecule has 1 aliphatic rings. The number of rotatable bonds is 3. The average molecular weight is 342 g/mol. The molecule has 8 heteroatoms. The van der Waals surface area contributed by atoms with Gasteiger partial charge in [-0.2, -0.15) is 5.10 Å². The predicted molar refractivity (Wildman–Crippen MR) is 90.9 cm³/mol. The molecule has 24 heavy (non-hydrogen) atoms. The molecular formula is C16H18N6OS. The highest BCUT2D eigenvalue weighted by Gasteiger charge is 2.22. The summed E-state index contributed by atoms with van der Waals surface area (Å²) in [4.78, 5) is 21.4. The van der Waals surface area contributed by atoms with E-state index in [2.05, 4.69) is 25.0 Å². The van der Waals surface area contributed by atoms with E-state index in [0.29, 0.717) is 5.69 Å². The van der Waals surface area contributed by atoms with E-state index >= 15 is 0 Å². The van der Waals surface area contributed by atoms with Gasteiger partial charge in [-0.3, -0.25) is 9.48 Å². The van der Waals surface area contributed by atoms with Crippen molar-refractivity contribution in [1.29, 1.82) is 0 Å². The maximum absolute atomic E-state index is 12.5. The summed E-state index contributed by atoms with van der Waals surface area (Å²) in [6.45, 7) is 2.76. The van der Waals surface area contributed by atoms with Crippen molar-refractivity contribution in [2.24, 2.45) is 7.05 Å². The molecule has 1 N–H and O–H groups in total. The fraction of sp³-hybridized carbons (Fsp3) is 0.375. The smallest absolute Gasteiger partial charge is 0.271 e. The second kappa shape index (κ2) is 5.86. The van der Waals surface area contributed by atoms with Crippen molar-refractivity contribution in [1.82, 2.24) is 29.6 Å². The monoisotopic (exact) mass is 342 g/mol. The zero-order valence-electron chi connectivity index (χ0n) is 13.6. The lowest BCUT2D eigenvalue weighted by Gasteiger charge is -2.24.